The molecule has 30 heavy (non-hydrogen) atoms. The fourth-order valence-corrected chi connectivity index (χ4v) is 3.45. The first-order chi connectivity index (χ1) is 14.4. The zero-order valence-corrected chi connectivity index (χ0v) is 18.3. The smallest absolute Gasteiger partial charge is 0.360 e. The molecule has 0 aliphatic heterocycles. The van der Waals surface area contributed by atoms with Crippen molar-refractivity contribution in [2.45, 2.75) is 20.5 Å². The summed E-state index contributed by atoms with van der Waals surface area (Å²) >= 11 is 3.37. The highest BCUT2D eigenvalue weighted by atomic mass is 79.9. The number of nitrogens with zero attached hydrogens (tertiary/aromatic N) is 3. The molecule has 0 saturated carbocycles. The summed E-state index contributed by atoms with van der Waals surface area (Å²) < 4.78 is 12.3. The van der Waals surface area contributed by atoms with Crippen molar-refractivity contribution < 1.29 is 19.1 Å². The molecular weight excluding hydrogens is 454 g/mol. The number of benzene rings is 1. The van der Waals surface area contributed by atoms with Crippen LogP contribution in [0.15, 0.2) is 51.9 Å². The number of anilines is 1. The number of amides is 1. The molecule has 0 atom stereocenters. The van der Waals surface area contributed by atoms with E-state index < -0.39 is 11.5 Å². The number of rotatable bonds is 6. The van der Waals surface area contributed by atoms with Crippen LogP contribution < -0.4 is 15.2 Å². The highest BCUT2D eigenvalue weighted by Crippen LogP contribution is 2.27. The van der Waals surface area contributed by atoms with Gasteiger partial charge in [-0.2, -0.15) is 0 Å². The van der Waals surface area contributed by atoms with Crippen LogP contribution in [0.2, 0.25) is 0 Å². The number of halogens is 1. The molecule has 0 bridgehead atoms. The second kappa shape index (κ2) is 9.08. The van der Waals surface area contributed by atoms with Gasteiger partial charge in [0, 0.05) is 24.1 Å². The average Bonchev–Trinajstić information content (AvgIpc) is 2.73. The van der Waals surface area contributed by atoms with E-state index in [-0.39, 0.29) is 29.6 Å². The van der Waals surface area contributed by atoms with Crippen LogP contribution >= 0.6 is 15.9 Å². The summed E-state index contributed by atoms with van der Waals surface area (Å²) in [5.74, 6) is -1.26. The van der Waals surface area contributed by atoms with E-state index in [4.69, 9.17) is 9.47 Å². The molecule has 1 amide bonds. The van der Waals surface area contributed by atoms with Crippen LogP contribution in [0.4, 0.5) is 5.69 Å². The number of carbonyl (C=O) groups is 2. The van der Waals surface area contributed by atoms with Gasteiger partial charge in [0.15, 0.2) is 11.3 Å². The van der Waals surface area contributed by atoms with Crippen molar-refractivity contribution in [1.29, 1.82) is 0 Å². The maximum Gasteiger partial charge on any atom is 0.360 e. The molecule has 1 aromatic carbocycles. The van der Waals surface area contributed by atoms with Crippen molar-refractivity contribution in [2.75, 3.05) is 18.6 Å². The van der Waals surface area contributed by atoms with Crippen LogP contribution in [-0.4, -0.2) is 34.9 Å². The number of carbonyl (C=O) groups excluding carboxylic acids is 2. The first-order valence-electron chi connectivity index (χ1n) is 9.16. The molecule has 0 saturated heterocycles. The summed E-state index contributed by atoms with van der Waals surface area (Å²) in [5.41, 5.74) is 0.519. The Morgan fingerprint density at radius 2 is 1.93 bits per heavy atom. The van der Waals surface area contributed by atoms with Gasteiger partial charge in [-0.1, -0.05) is 30.3 Å². The average molecular weight is 474 g/mol. The lowest BCUT2D eigenvalue weighted by Crippen LogP contribution is -2.30. The standard InChI is InChI=1S/C21H20BrN3O5/c1-4-24(13(2)26)16-10-15(22)11-25-19(16)23-17(21(28)29-3)18(20(25)27)30-12-14-8-6-5-7-9-14/h5-11H,4,12H2,1-3H3. The third kappa shape index (κ3) is 4.20. The van der Waals surface area contributed by atoms with Crippen molar-refractivity contribution in [3.05, 3.63) is 68.7 Å². The monoisotopic (exact) mass is 473 g/mol. The molecule has 0 unspecified atom stereocenters. The van der Waals surface area contributed by atoms with E-state index in [0.29, 0.717) is 16.7 Å². The molecule has 3 rings (SSSR count). The van der Waals surface area contributed by atoms with Gasteiger partial charge >= 0.3 is 11.5 Å². The first-order valence-corrected chi connectivity index (χ1v) is 9.95. The van der Waals surface area contributed by atoms with E-state index in [0.717, 1.165) is 5.56 Å². The fourth-order valence-electron chi connectivity index (χ4n) is 3.03. The van der Waals surface area contributed by atoms with E-state index in [9.17, 15) is 14.4 Å². The van der Waals surface area contributed by atoms with Crippen molar-refractivity contribution >= 4 is 39.1 Å². The normalized spacial score (nSPS) is 10.7. The van der Waals surface area contributed by atoms with Crippen LogP contribution in [0.25, 0.3) is 5.65 Å². The first kappa shape index (κ1) is 21.5. The van der Waals surface area contributed by atoms with E-state index in [1.54, 1.807) is 13.0 Å². The third-order valence-corrected chi connectivity index (χ3v) is 4.86. The number of aromatic nitrogens is 2. The second-order valence-electron chi connectivity index (χ2n) is 6.36. The Hall–Kier alpha value is -3.20. The van der Waals surface area contributed by atoms with Gasteiger partial charge in [-0.15, -0.1) is 0 Å². The summed E-state index contributed by atoms with van der Waals surface area (Å²) in [6, 6.07) is 10.9. The van der Waals surface area contributed by atoms with Gasteiger partial charge in [-0.3, -0.25) is 14.0 Å². The highest BCUT2D eigenvalue weighted by molar-refractivity contribution is 9.10. The third-order valence-electron chi connectivity index (χ3n) is 4.42. The summed E-state index contributed by atoms with van der Waals surface area (Å²) in [6.45, 7) is 3.65. The molecule has 3 aromatic rings. The number of hydrogen-bond acceptors (Lipinski definition) is 6. The van der Waals surface area contributed by atoms with E-state index in [2.05, 4.69) is 20.9 Å². The molecule has 0 aliphatic rings. The minimum Gasteiger partial charge on any atom is -0.481 e. The van der Waals surface area contributed by atoms with Crippen molar-refractivity contribution in [3.63, 3.8) is 0 Å². The molecule has 0 N–H and O–H groups in total. The van der Waals surface area contributed by atoms with Crippen LogP contribution in [0.3, 0.4) is 0 Å². The molecular formula is C21H20BrN3O5. The Bertz CT molecular complexity index is 1160. The van der Waals surface area contributed by atoms with Gasteiger partial charge in [0.05, 0.1) is 12.8 Å². The Morgan fingerprint density at radius 3 is 2.53 bits per heavy atom. The summed E-state index contributed by atoms with van der Waals surface area (Å²) in [6.07, 6.45) is 1.51. The number of hydrogen-bond donors (Lipinski definition) is 0. The Morgan fingerprint density at radius 1 is 1.23 bits per heavy atom. The maximum absolute atomic E-state index is 13.2. The number of esters is 1. The lowest BCUT2D eigenvalue weighted by Gasteiger charge is -2.21. The zero-order valence-electron chi connectivity index (χ0n) is 16.7. The van der Waals surface area contributed by atoms with Gasteiger partial charge < -0.3 is 14.4 Å². The second-order valence-corrected chi connectivity index (χ2v) is 7.28. The maximum atomic E-state index is 13.2. The highest BCUT2D eigenvalue weighted by Gasteiger charge is 2.25. The van der Waals surface area contributed by atoms with E-state index in [1.165, 1.54) is 29.5 Å². The topological polar surface area (TPSA) is 90.2 Å². The molecule has 0 aliphatic carbocycles. The molecule has 9 heteroatoms. The molecule has 0 spiro atoms. The van der Waals surface area contributed by atoms with Gasteiger partial charge in [0.25, 0.3) is 0 Å². The lowest BCUT2D eigenvalue weighted by atomic mass is 10.2. The summed E-state index contributed by atoms with van der Waals surface area (Å²) in [7, 11) is 1.20. The van der Waals surface area contributed by atoms with Gasteiger partial charge in [-0.05, 0) is 34.5 Å². The van der Waals surface area contributed by atoms with Gasteiger partial charge in [-0.25, -0.2) is 9.78 Å². The van der Waals surface area contributed by atoms with Crippen LogP contribution in [0, 0.1) is 0 Å². The van der Waals surface area contributed by atoms with Crippen molar-refractivity contribution in [3.8, 4) is 5.75 Å². The van der Waals surface area contributed by atoms with E-state index >= 15 is 0 Å². The minimum atomic E-state index is -0.808. The fraction of sp³-hybridized carbons (Fsp3) is 0.238. The number of methoxy groups -OCH3 is 1. The van der Waals surface area contributed by atoms with Crippen LogP contribution in [0.1, 0.15) is 29.9 Å². The predicted molar refractivity (Wildman–Crippen MR) is 115 cm³/mol. The Balaban J connectivity index is 2.24. The van der Waals surface area contributed by atoms with Crippen molar-refractivity contribution in [1.82, 2.24) is 9.38 Å². The minimum absolute atomic E-state index is 0.0726. The summed E-state index contributed by atoms with van der Waals surface area (Å²) in [4.78, 5) is 43.5. The quantitative estimate of drug-likeness (QED) is 0.510. The molecule has 2 aromatic heterocycles. The lowest BCUT2D eigenvalue weighted by molar-refractivity contribution is -0.116. The number of ether oxygens (including phenoxy) is 2. The van der Waals surface area contributed by atoms with Crippen LogP contribution in [0.5, 0.6) is 5.75 Å². The molecule has 8 nitrogen and oxygen atoms in total. The SMILES string of the molecule is CCN(C(C)=O)c1cc(Br)cn2c(=O)c(OCc3ccccc3)c(C(=O)OC)nc12. The number of pyridine rings is 1. The van der Waals surface area contributed by atoms with Gasteiger partial charge in [0.2, 0.25) is 11.7 Å². The molecule has 156 valence electrons. The van der Waals surface area contributed by atoms with E-state index in [1.807, 2.05) is 30.3 Å². The van der Waals surface area contributed by atoms with Crippen LogP contribution in [-0.2, 0) is 16.1 Å². The molecule has 0 fully saturated rings. The van der Waals surface area contributed by atoms with Crippen molar-refractivity contribution in [2.24, 2.45) is 0 Å². The van der Waals surface area contributed by atoms with Gasteiger partial charge in [0.1, 0.15) is 6.61 Å². The molecule has 2 heterocycles. The zero-order chi connectivity index (χ0) is 21.8. The predicted octanol–water partition coefficient (Wildman–Crippen LogP) is 3.20. The Labute approximate surface area is 181 Å². The summed E-state index contributed by atoms with van der Waals surface area (Å²) in [5, 5.41) is 0. The Kier molecular flexibility index (Phi) is 6.51. The number of fused-ring (bicyclic) bond motifs is 1. The largest absolute Gasteiger partial charge is 0.481 e. The molecule has 0 radical (unpaired) electrons.